The minimum Gasteiger partial charge on any atom is -0.487 e. The molecule has 9 heteroatoms. The first-order chi connectivity index (χ1) is 16.6. The van der Waals surface area contributed by atoms with Crippen LogP contribution in [0, 0.1) is 11.6 Å². The molecule has 0 amide bonds. The van der Waals surface area contributed by atoms with E-state index in [0.29, 0.717) is 12.8 Å². The van der Waals surface area contributed by atoms with Crippen LogP contribution < -0.4 is 20.8 Å². The predicted octanol–water partition coefficient (Wildman–Crippen LogP) is 3.78. The molecule has 0 bridgehead atoms. The average Bonchev–Trinajstić information content (AvgIpc) is 2.88. The Bertz CT molecular complexity index is 1380. The molecule has 7 nitrogen and oxygen atoms in total. The summed E-state index contributed by atoms with van der Waals surface area (Å²) < 4.78 is 37.9. The number of halogens is 2. The Labute approximate surface area is 193 Å². The molecule has 174 valence electrons. The Morgan fingerprint density at radius 2 is 1.91 bits per heavy atom. The first kappa shape index (κ1) is 21.8. The van der Waals surface area contributed by atoms with E-state index in [4.69, 9.17) is 4.74 Å². The number of nitrogens with one attached hydrogen (secondary N) is 2. The summed E-state index contributed by atoms with van der Waals surface area (Å²) in [7, 11) is 0. The number of anilines is 1. The average molecular weight is 464 g/mol. The molecule has 3 aromatic rings. The zero-order valence-electron chi connectivity index (χ0n) is 18.2. The first-order valence-corrected chi connectivity index (χ1v) is 11.0. The first-order valence-electron chi connectivity index (χ1n) is 11.0. The molecule has 0 saturated carbocycles. The van der Waals surface area contributed by atoms with Crippen LogP contribution in [0.4, 0.5) is 14.5 Å². The molecule has 3 heterocycles. The molecule has 1 aromatic heterocycles. The lowest BCUT2D eigenvalue weighted by molar-refractivity contribution is 0.112. The van der Waals surface area contributed by atoms with Crippen LogP contribution in [0.2, 0.25) is 0 Å². The number of ether oxygens (including phenoxy) is 1. The number of rotatable bonds is 7. The van der Waals surface area contributed by atoms with Gasteiger partial charge in [-0.25, -0.2) is 13.8 Å². The summed E-state index contributed by atoms with van der Waals surface area (Å²) in [5.74, 6) is -1.75. The molecule has 2 aliphatic heterocycles. The van der Waals surface area contributed by atoms with Gasteiger partial charge in [0.05, 0.1) is 17.0 Å². The van der Waals surface area contributed by atoms with Crippen molar-refractivity contribution >= 4 is 29.1 Å². The van der Waals surface area contributed by atoms with Crippen LogP contribution in [-0.4, -0.2) is 36.8 Å². The van der Waals surface area contributed by atoms with Crippen molar-refractivity contribution in [3.8, 4) is 5.75 Å². The molecule has 0 unspecified atom stereocenters. The lowest BCUT2D eigenvalue weighted by Gasteiger charge is -2.31. The van der Waals surface area contributed by atoms with Gasteiger partial charge >= 0.3 is 0 Å². The number of nitrogens with zero attached hydrogens (tertiary/aromatic N) is 2. The van der Waals surface area contributed by atoms with Gasteiger partial charge in [0.25, 0.3) is 0 Å². The van der Waals surface area contributed by atoms with Gasteiger partial charge in [-0.15, -0.1) is 0 Å². The Hall–Kier alpha value is -4.01. The number of hydrogen-bond acceptors (Lipinski definition) is 6. The third-order valence-electron chi connectivity index (χ3n) is 5.97. The zero-order chi connectivity index (χ0) is 23.7. The van der Waals surface area contributed by atoms with Gasteiger partial charge in [-0.05, 0) is 24.5 Å². The molecule has 2 aromatic carbocycles. The number of carbonyl (C=O) groups excluding carboxylic acids is 1. The van der Waals surface area contributed by atoms with Crippen molar-refractivity contribution in [2.75, 3.05) is 25.0 Å². The largest absolute Gasteiger partial charge is 0.487 e. The maximum atomic E-state index is 15.2. The summed E-state index contributed by atoms with van der Waals surface area (Å²) in [5, 5.41) is 5.53. The Balaban J connectivity index is 1.58. The molecule has 5 rings (SSSR count). The lowest BCUT2D eigenvalue weighted by Crippen LogP contribution is -2.29. The molecule has 0 aliphatic carbocycles. The number of pyridine rings is 1. The fourth-order valence-electron chi connectivity index (χ4n) is 4.33. The molecule has 0 spiro atoms. The second kappa shape index (κ2) is 9.09. The van der Waals surface area contributed by atoms with Gasteiger partial charge < -0.3 is 19.9 Å². The van der Waals surface area contributed by atoms with Crippen LogP contribution >= 0.6 is 0 Å². The van der Waals surface area contributed by atoms with Crippen molar-refractivity contribution in [1.82, 2.24) is 9.88 Å². The molecular weight excluding hydrogens is 442 g/mol. The quantitative estimate of drug-likeness (QED) is 0.411. The van der Waals surface area contributed by atoms with Crippen molar-refractivity contribution in [2.45, 2.75) is 18.9 Å². The molecule has 0 saturated heterocycles. The van der Waals surface area contributed by atoms with Gasteiger partial charge in [0, 0.05) is 25.5 Å². The van der Waals surface area contributed by atoms with E-state index >= 15 is 8.78 Å². The van der Waals surface area contributed by atoms with Crippen LogP contribution in [0.5, 0.6) is 5.75 Å². The molecule has 1 atom stereocenters. The number of carbonyl (C=O) groups is 1. The summed E-state index contributed by atoms with van der Waals surface area (Å²) in [6.07, 6.45) is 7.32. The van der Waals surface area contributed by atoms with Crippen molar-refractivity contribution in [2.24, 2.45) is 4.99 Å². The number of aliphatic imine (C=N–C) groups is 1. The number of aromatic nitrogens is 1. The zero-order valence-corrected chi connectivity index (χ0v) is 18.2. The van der Waals surface area contributed by atoms with E-state index in [0.717, 1.165) is 24.2 Å². The summed E-state index contributed by atoms with van der Waals surface area (Å²) in [6, 6.07) is 8.88. The Morgan fingerprint density at radius 1 is 1.12 bits per heavy atom. The van der Waals surface area contributed by atoms with Gasteiger partial charge in [0.15, 0.2) is 23.7 Å². The van der Waals surface area contributed by atoms with Crippen LogP contribution in [0.15, 0.2) is 58.2 Å². The molecule has 0 radical (unpaired) electrons. The number of benzene rings is 2. The number of aldehydes is 1. The van der Waals surface area contributed by atoms with E-state index in [1.54, 1.807) is 4.57 Å². The second-order valence-corrected chi connectivity index (χ2v) is 8.06. The summed E-state index contributed by atoms with van der Waals surface area (Å²) in [4.78, 5) is 28.6. The van der Waals surface area contributed by atoms with Crippen LogP contribution in [0.1, 0.15) is 34.8 Å². The highest BCUT2D eigenvalue weighted by Crippen LogP contribution is 2.42. The minimum absolute atomic E-state index is 0.0468. The summed E-state index contributed by atoms with van der Waals surface area (Å²) >= 11 is 0. The lowest BCUT2D eigenvalue weighted by atomic mass is 10.0. The summed E-state index contributed by atoms with van der Waals surface area (Å²) in [5.41, 5.74) is -0.312. The molecule has 2 aliphatic rings. The standard InChI is InChI=1S/C25H22F2N4O3/c26-20-19-23-25(22(21(20)27)30-11-10-29-18-8-4-5-9-28-18)34-14-17(15-6-2-1-3-7-15)31(23)12-16(13-32)24(19)33/h1-3,6-9,12-13,17,29-30H,4-5,10-11,14H2/t17-/m1/s1. The number of hydrogen-bond donors (Lipinski definition) is 2. The molecular formula is C25H22F2N4O3. The normalized spacial score (nSPS) is 16.6. The highest BCUT2D eigenvalue weighted by molar-refractivity contribution is 5.95. The predicted molar refractivity (Wildman–Crippen MR) is 126 cm³/mol. The Kier molecular flexibility index (Phi) is 5.83. The van der Waals surface area contributed by atoms with Gasteiger partial charge in [-0.3, -0.25) is 9.59 Å². The van der Waals surface area contributed by atoms with Crippen molar-refractivity contribution in [1.29, 1.82) is 0 Å². The summed E-state index contributed by atoms with van der Waals surface area (Å²) in [6.45, 7) is 0.780. The smallest absolute Gasteiger partial charge is 0.203 e. The maximum absolute atomic E-state index is 15.2. The highest BCUT2D eigenvalue weighted by atomic mass is 19.2. The SMILES string of the molecule is O=Cc1cn2c3c(c(NCCNC4=CCCC=N4)c(F)c(F)c3c1=O)OC[C@@H]2c1ccccc1. The van der Waals surface area contributed by atoms with Crippen LogP contribution in [0.3, 0.4) is 0 Å². The number of allylic oxidation sites excluding steroid dienone is 1. The highest BCUT2D eigenvalue weighted by Gasteiger charge is 2.32. The third kappa shape index (κ3) is 3.72. The fourth-order valence-corrected chi connectivity index (χ4v) is 4.33. The fraction of sp³-hybridized carbons (Fsp3) is 0.240. The van der Waals surface area contributed by atoms with Crippen molar-refractivity contribution < 1.29 is 18.3 Å². The maximum Gasteiger partial charge on any atom is 0.203 e. The monoisotopic (exact) mass is 464 g/mol. The van der Waals surface area contributed by atoms with Crippen molar-refractivity contribution in [3.05, 3.63) is 81.4 Å². The van der Waals surface area contributed by atoms with Crippen LogP contribution in [-0.2, 0) is 0 Å². The van der Waals surface area contributed by atoms with E-state index < -0.39 is 28.5 Å². The molecule has 2 N–H and O–H groups in total. The van der Waals surface area contributed by atoms with Crippen molar-refractivity contribution in [3.63, 3.8) is 0 Å². The molecule has 0 fully saturated rings. The van der Waals surface area contributed by atoms with E-state index in [1.165, 1.54) is 6.20 Å². The van der Waals surface area contributed by atoms with E-state index in [1.807, 2.05) is 42.6 Å². The van der Waals surface area contributed by atoms with Gasteiger partial charge in [0.2, 0.25) is 5.43 Å². The van der Waals surface area contributed by atoms with Gasteiger partial charge in [-0.1, -0.05) is 30.3 Å². The van der Waals surface area contributed by atoms with Gasteiger partial charge in [0.1, 0.15) is 23.6 Å². The second-order valence-electron chi connectivity index (χ2n) is 8.06. The van der Waals surface area contributed by atoms with E-state index in [-0.39, 0.29) is 35.7 Å². The third-order valence-corrected chi connectivity index (χ3v) is 5.97. The Morgan fingerprint density at radius 3 is 2.65 bits per heavy atom. The topological polar surface area (TPSA) is 84.7 Å². The van der Waals surface area contributed by atoms with E-state index in [9.17, 15) is 9.59 Å². The van der Waals surface area contributed by atoms with Gasteiger partial charge in [-0.2, -0.15) is 0 Å². The van der Waals surface area contributed by atoms with Crippen LogP contribution in [0.25, 0.3) is 10.9 Å². The minimum atomic E-state index is -1.31. The molecule has 34 heavy (non-hydrogen) atoms. The van der Waals surface area contributed by atoms with E-state index in [2.05, 4.69) is 15.6 Å².